The Hall–Kier alpha value is -2.80. The van der Waals surface area contributed by atoms with E-state index < -0.39 is 24.2 Å². The number of fused-ring (bicyclic) bond motifs is 1. The molecule has 0 spiro atoms. The number of alkyl halides is 3. The van der Waals surface area contributed by atoms with Gasteiger partial charge in [0.2, 0.25) is 0 Å². The lowest BCUT2D eigenvalue weighted by molar-refractivity contribution is -0.267. The van der Waals surface area contributed by atoms with Crippen molar-refractivity contribution in [2.24, 2.45) is 0 Å². The van der Waals surface area contributed by atoms with Crippen molar-refractivity contribution in [2.45, 2.75) is 38.1 Å². The molecule has 0 bridgehead atoms. The monoisotopic (exact) mass is 404 g/mol. The molecular weight excluding hydrogens is 381 g/mol. The maximum Gasteiger partial charge on any atom is 0.419 e. The fourth-order valence-electron chi connectivity index (χ4n) is 3.38. The fraction of sp³-hybridized carbons (Fsp3) is 0.318. The maximum atomic E-state index is 13.9. The van der Waals surface area contributed by atoms with Gasteiger partial charge in [-0.2, -0.15) is 13.2 Å². The average Bonchev–Trinajstić information content (AvgIpc) is 2.70. The van der Waals surface area contributed by atoms with Gasteiger partial charge in [0.05, 0.1) is 18.7 Å². The first kappa shape index (κ1) is 20.9. The van der Waals surface area contributed by atoms with Crippen LogP contribution >= 0.6 is 0 Å². The van der Waals surface area contributed by atoms with Gasteiger partial charge in [-0.05, 0) is 55.3 Å². The van der Waals surface area contributed by atoms with Crippen LogP contribution in [-0.4, -0.2) is 29.0 Å². The molecule has 1 aromatic heterocycles. The highest BCUT2D eigenvalue weighted by molar-refractivity contribution is 5.91. The van der Waals surface area contributed by atoms with E-state index in [9.17, 15) is 18.3 Å². The maximum absolute atomic E-state index is 13.9. The normalized spacial score (nSPS) is 15.0. The highest BCUT2D eigenvalue weighted by Gasteiger charge is 2.58. The Morgan fingerprint density at radius 3 is 2.34 bits per heavy atom. The summed E-state index contributed by atoms with van der Waals surface area (Å²) in [5, 5.41) is 14.4. The minimum absolute atomic E-state index is 0.296. The minimum atomic E-state index is -4.83. The number of nitrogens with one attached hydrogen (secondary N) is 1. The largest absolute Gasteiger partial charge is 0.497 e. The molecule has 0 saturated heterocycles. The number of pyridine rings is 1. The minimum Gasteiger partial charge on any atom is -0.497 e. The third kappa shape index (κ3) is 4.00. The molecule has 2 aromatic carbocycles. The number of methoxy groups -OCH3 is 1. The summed E-state index contributed by atoms with van der Waals surface area (Å²) in [7, 11) is 1.48. The van der Waals surface area contributed by atoms with Crippen LogP contribution in [0.3, 0.4) is 0 Å². The summed E-state index contributed by atoms with van der Waals surface area (Å²) in [5.74, 6) is 0.518. The molecule has 2 N–H and O–H groups in total. The van der Waals surface area contributed by atoms with Gasteiger partial charge in [0.25, 0.3) is 0 Å². The second-order valence-electron chi connectivity index (χ2n) is 6.95. The highest BCUT2D eigenvalue weighted by Crippen LogP contribution is 2.44. The van der Waals surface area contributed by atoms with Gasteiger partial charge in [0.15, 0.2) is 5.60 Å². The lowest BCUT2D eigenvalue weighted by Gasteiger charge is -2.38. The van der Waals surface area contributed by atoms with Gasteiger partial charge >= 0.3 is 6.18 Å². The van der Waals surface area contributed by atoms with E-state index in [2.05, 4.69) is 10.3 Å². The number of anilines is 1. The molecule has 0 amide bonds. The van der Waals surface area contributed by atoms with Crippen molar-refractivity contribution in [1.82, 2.24) is 4.98 Å². The summed E-state index contributed by atoms with van der Waals surface area (Å²) < 4.78 is 46.9. The predicted molar refractivity (Wildman–Crippen MR) is 107 cm³/mol. The molecule has 1 heterocycles. The zero-order chi connectivity index (χ0) is 21.2. The number of nitrogens with zero attached hydrogens (tertiary/aromatic N) is 1. The second kappa shape index (κ2) is 7.91. The van der Waals surface area contributed by atoms with E-state index in [0.717, 1.165) is 5.69 Å². The molecule has 0 saturated carbocycles. The molecule has 0 aliphatic carbocycles. The van der Waals surface area contributed by atoms with Crippen LogP contribution in [0.15, 0.2) is 54.6 Å². The summed E-state index contributed by atoms with van der Waals surface area (Å²) in [6.45, 7) is 3.17. The Kier molecular flexibility index (Phi) is 5.71. The van der Waals surface area contributed by atoms with E-state index in [-0.39, 0.29) is 0 Å². The van der Waals surface area contributed by atoms with Crippen molar-refractivity contribution in [3.63, 3.8) is 0 Å². The zero-order valence-corrected chi connectivity index (χ0v) is 16.4. The predicted octanol–water partition coefficient (Wildman–Crippen LogP) is 5.41. The Balaban J connectivity index is 2.13. The van der Waals surface area contributed by atoms with Crippen LogP contribution in [0.4, 0.5) is 18.9 Å². The zero-order valence-electron chi connectivity index (χ0n) is 16.4. The molecule has 29 heavy (non-hydrogen) atoms. The van der Waals surface area contributed by atoms with Gasteiger partial charge in [-0.15, -0.1) is 0 Å². The Morgan fingerprint density at radius 1 is 1.07 bits per heavy atom. The molecule has 2 atom stereocenters. The molecule has 154 valence electrons. The number of aryl methyl sites for hydroxylation is 1. The fourth-order valence-corrected chi connectivity index (χ4v) is 3.38. The number of rotatable bonds is 6. The third-order valence-corrected chi connectivity index (χ3v) is 5.13. The first-order valence-corrected chi connectivity index (χ1v) is 9.25. The molecule has 7 heteroatoms. The molecule has 0 fully saturated rings. The van der Waals surface area contributed by atoms with Crippen molar-refractivity contribution in [1.29, 1.82) is 0 Å². The van der Waals surface area contributed by atoms with Crippen molar-refractivity contribution < 1.29 is 23.0 Å². The standard InChI is InChI=1S/C22H23F3N2O2/c1-4-21(28,22(23,24)25)20(15-9-11-16(29-3)12-10-15)27-19-7-5-6-18-17(19)13-8-14(2)26-18/h5-13,20,27-28H,4H2,1-3H3. The first-order valence-electron chi connectivity index (χ1n) is 9.25. The topological polar surface area (TPSA) is 54.4 Å². The van der Waals surface area contributed by atoms with Crippen LogP contribution in [0.5, 0.6) is 5.75 Å². The van der Waals surface area contributed by atoms with Gasteiger partial charge in [-0.3, -0.25) is 4.98 Å². The van der Waals surface area contributed by atoms with Crippen LogP contribution in [0, 0.1) is 6.92 Å². The number of hydrogen-bond acceptors (Lipinski definition) is 4. The smallest absolute Gasteiger partial charge is 0.419 e. The Morgan fingerprint density at radius 2 is 1.76 bits per heavy atom. The molecule has 0 aliphatic heterocycles. The molecule has 3 rings (SSSR count). The summed E-state index contributed by atoms with van der Waals surface area (Å²) >= 11 is 0. The van der Waals surface area contributed by atoms with Crippen LogP contribution < -0.4 is 10.1 Å². The number of aromatic nitrogens is 1. The van der Waals surface area contributed by atoms with E-state index in [0.29, 0.717) is 27.9 Å². The Bertz CT molecular complexity index is 990. The van der Waals surface area contributed by atoms with Crippen molar-refractivity contribution >= 4 is 16.6 Å². The van der Waals surface area contributed by atoms with Crippen LogP contribution in [0.25, 0.3) is 10.9 Å². The lowest BCUT2D eigenvalue weighted by Crippen LogP contribution is -2.52. The van der Waals surface area contributed by atoms with E-state index in [4.69, 9.17) is 4.74 Å². The Labute approximate surface area is 167 Å². The molecular formula is C22H23F3N2O2. The average molecular weight is 404 g/mol. The van der Waals surface area contributed by atoms with Crippen molar-refractivity contribution in [3.8, 4) is 5.75 Å². The second-order valence-corrected chi connectivity index (χ2v) is 6.95. The van der Waals surface area contributed by atoms with Gasteiger partial charge in [0, 0.05) is 16.8 Å². The number of aliphatic hydroxyl groups is 1. The van der Waals surface area contributed by atoms with Gasteiger partial charge in [0.1, 0.15) is 5.75 Å². The number of halogens is 3. The summed E-state index contributed by atoms with van der Waals surface area (Å²) in [4.78, 5) is 4.43. The number of benzene rings is 2. The molecule has 3 aromatic rings. The SMILES string of the molecule is CCC(O)(C(Nc1cccc2nc(C)ccc12)c1ccc(OC)cc1)C(F)(F)F. The summed E-state index contributed by atoms with van der Waals surface area (Å²) in [6.07, 6.45) is -5.35. The first-order chi connectivity index (χ1) is 13.7. The number of hydrogen-bond donors (Lipinski definition) is 2. The van der Waals surface area contributed by atoms with E-state index in [1.165, 1.54) is 26.2 Å². The summed E-state index contributed by atoms with van der Waals surface area (Å²) in [6, 6.07) is 13.6. The summed E-state index contributed by atoms with van der Waals surface area (Å²) in [5.41, 5.74) is -0.740. The van der Waals surface area contributed by atoms with E-state index in [1.807, 2.05) is 13.0 Å². The number of ether oxygens (including phenoxy) is 1. The molecule has 4 nitrogen and oxygen atoms in total. The van der Waals surface area contributed by atoms with Gasteiger partial charge in [-0.25, -0.2) is 0 Å². The van der Waals surface area contributed by atoms with Crippen molar-refractivity contribution in [2.75, 3.05) is 12.4 Å². The van der Waals surface area contributed by atoms with Crippen molar-refractivity contribution in [3.05, 3.63) is 65.9 Å². The van der Waals surface area contributed by atoms with Gasteiger partial charge < -0.3 is 15.2 Å². The van der Waals surface area contributed by atoms with Crippen LogP contribution in [0.1, 0.15) is 30.6 Å². The van der Waals surface area contributed by atoms with E-state index in [1.54, 1.807) is 36.4 Å². The molecule has 0 aliphatic rings. The van der Waals surface area contributed by atoms with E-state index >= 15 is 0 Å². The highest BCUT2D eigenvalue weighted by atomic mass is 19.4. The van der Waals surface area contributed by atoms with Crippen LogP contribution in [-0.2, 0) is 0 Å². The molecule has 2 unspecified atom stereocenters. The van der Waals surface area contributed by atoms with Crippen LogP contribution in [0.2, 0.25) is 0 Å². The van der Waals surface area contributed by atoms with Gasteiger partial charge in [-0.1, -0.05) is 25.1 Å². The molecule has 0 radical (unpaired) electrons. The third-order valence-electron chi connectivity index (χ3n) is 5.13. The quantitative estimate of drug-likeness (QED) is 0.577. The lowest BCUT2D eigenvalue weighted by atomic mass is 9.85.